The van der Waals surface area contributed by atoms with Crippen LogP contribution in [0.4, 0.5) is 10.5 Å². The number of nitrogens with one attached hydrogen (secondary N) is 1. The number of para-hydroxylation sites is 1. The topological polar surface area (TPSA) is 71.4 Å². The summed E-state index contributed by atoms with van der Waals surface area (Å²) in [7, 11) is 0. The molecular weight excluding hydrogens is 450 g/mol. The predicted octanol–water partition coefficient (Wildman–Crippen LogP) is 5.32. The maximum absolute atomic E-state index is 13.2. The summed E-state index contributed by atoms with van der Waals surface area (Å²) in [5, 5.41) is 3.64. The lowest BCUT2D eigenvalue weighted by atomic mass is 10.1. The molecule has 2 heterocycles. The second-order valence-corrected chi connectivity index (χ2v) is 8.59. The molecule has 0 saturated carbocycles. The number of nitrogens with zero attached hydrogens (tertiary/aromatic N) is 2. The minimum atomic E-state index is -0.795. The Kier molecular flexibility index (Phi) is 5.51. The number of barbiturate groups is 1. The third-order valence-corrected chi connectivity index (χ3v) is 5.99. The second kappa shape index (κ2) is 8.65. The summed E-state index contributed by atoms with van der Waals surface area (Å²) in [6.07, 6.45) is 3.46. The van der Waals surface area contributed by atoms with Crippen molar-refractivity contribution in [3.05, 3.63) is 106 Å². The number of imide groups is 2. The zero-order valence-corrected chi connectivity index (χ0v) is 19.0. The maximum atomic E-state index is 13.2. The zero-order valence-electron chi connectivity index (χ0n) is 18.3. The number of aryl methyl sites for hydroxylation is 1. The molecule has 3 aromatic carbocycles. The highest BCUT2D eigenvalue weighted by Crippen LogP contribution is 2.28. The van der Waals surface area contributed by atoms with E-state index in [0.29, 0.717) is 22.8 Å². The van der Waals surface area contributed by atoms with Crippen molar-refractivity contribution >= 4 is 52.1 Å². The highest BCUT2D eigenvalue weighted by Gasteiger charge is 2.37. The van der Waals surface area contributed by atoms with Crippen LogP contribution in [0.15, 0.2) is 84.6 Å². The largest absolute Gasteiger partial charge is 0.342 e. The van der Waals surface area contributed by atoms with Crippen LogP contribution in [0.5, 0.6) is 0 Å². The van der Waals surface area contributed by atoms with E-state index in [9.17, 15) is 14.4 Å². The fraction of sp³-hybridized carbons (Fsp3) is 0.0741. The molecule has 0 aliphatic carbocycles. The summed E-state index contributed by atoms with van der Waals surface area (Å²) in [5.74, 6) is -1.41. The number of hydrogen-bond donors (Lipinski definition) is 1. The van der Waals surface area contributed by atoms with E-state index in [4.69, 9.17) is 11.6 Å². The number of halogens is 1. The molecule has 0 bridgehead atoms. The van der Waals surface area contributed by atoms with Crippen molar-refractivity contribution in [3.8, 4) is 0 Å². The molecule has 4 aromatic rings. The molecule has 0 atom stereocenters. The Morgan fingerprint density at radius 3 is 2.47 bits per heavy atom. The van der Waals surface area contributed by atoms with Gasteiger partial charge in [-0.3, -0.25) is 14.9 Å². The first-order chi connectivity index (χ1) is 16.4. The first kappa shape index (κ1) is 21.7. The third kappa shape index (κ3) is 4.00. The van der Waals surface area contributed by atoms with Crippen molar-refractivity contribution in [3.63, 3.8) is 0 Å². The highest BCUT2D eigenvalue weighted by molar-refractivity contribution is 6.39. The van der Waals surface area contributed by atoms with Gasteiger partial charge in [0.15, 0.2) is 0 Å². The molecule has 7 heteroatoms. The van der Waals surface area contributed by atoms with Crippen LogP contribution in [0.25, 0.3) is 17.0 Å². The Bertz CT molecular complexity index is 1480. The van der Waals surface area contributed by atoms with Crippen LogP contribution in [0.2, 0.25) is 5.02 Å². The number of carbonyl (C=O) groups excluding carboxylic acids is 3. The van der Waals surface area contributed by atoms with Gasteiger partial charge >= 0.3 is 6.03 Å². The molecule has 5 rings (SSSR count). The lowest BCUT2D eigenvalue weighted by molar-refractivity contribution is -0.122. The van der Waals surface area contributed by atoms with Crippen molar-refractivity contribution in [2.24, 2.45) is 0 Å². The summed E-state index contributed by atoms with van der Waals surface area (Å²) in [5.41, 5.74) is 4.22. The number of urea groups is 1. The van der Waals surface area contributed by atoms with Gasteiger partial charge in [-0.1, -0.05) is 59.6 Å². The molecule has 1 aromatic heterocycles. The Morgan fingerprint density at radius 2 is 1.71 bits per heavy atom. The smallest absolute Gasteiger partial charge is 0.335 e. The predicted molar refractivity (Wildman–Crippen MR) is 133 cm³/mol. The Morgan fingerprint density at radius 1 is 0.941 bits per heavy atom. The van der Waals surface area contributed by atoms with Crippen molar-refractivity contribution in [1.29, 1.82) is 0 Å². The third-order valence-electron chi connectivity index (χ3n) is 5.74. The zero-order chi connectivity index (χ0) is 23.8. The van der Waals surface area contributed by atoms with Crippen LogP contribution in [0.1, 0.15) is 16.7 Å². The van der Waals surface area contributed by atoms with Gasteiger partial charge in [0.2, 0.25) is 0 Å². The molecule has 1 saturated heterocycles. The highest BCUT2D eigenvalue weighted by atomic mass is 35.5. The van der Waals surface area contributed by atoms with Crippen molar-refractivity contribution in [1.82, 2.24) is 9.88 Å². The van der Waals surface area contributed by atoms with E-state index in [-0.39, 0.29) is 5.57 Å². The fourth-order valence-electron chi connectivity index (χ4n) is 4.17. The molecule has 1 aliphatic rings. The molecule has 4 amide bonds. The van der Waals surface area contributed by atoms with Crippen LogP contribution >= 0.6 is 11.6 Å². The SMILES string of the molecule is Cc1cccc(Cn2cc(C=C3C(=O)NC(=O)N(c4ccc(Cl)cc4)C3=O)c3ccccc32)c1. The summed E-state index contributed by atoms with van der Waals surface area (Å²) >= 11 is 5.94. The number of amides is 4. The molecule has 1 fully saturated rings. The summed E-state index contributed by atoms with van der Waals surface area (Å²) in [4.78, 5) is 39.3. The van der Waals surface area contributed by atoms with E-state index >= 15 is 0 Å². The average molecular weight is 470 g/mol. The lowest BCUT2D eigenvalue weighted by Crippen LogP contribution is -2.54. The monoisotopic (exact) mass is 469 g/mol. The van der Waals surface area contributed by atoms with Crippen LogP contribution in [0.3, 0.4) is 0 Å². The number of rotatable bonds is 4. The quantitative estimate of drug-likeness (QED) is 0.325. The number of anilines is 1. The fourth-order valence-corrected chi connectivity index (χ4v) is 4.29. The van der Waals surface area contributed by atoms with Gasteiger partial charge in [0.05, 0.1) is 5.69 Å². The minimum Gasteiger partial charge on any atom is -0.342 e. The van der Waals surface area contributed by atoms with Gasteiger partial charge in [0, 0.05) is 34.2 Å². The van der Waals surface area contributed by atoms with Crippen LogP contribution < -0.4 is 10.2 Å². The summed E-state index contributed by atoms with van der Waals surface area (Å²) in [6.45, 7) is 2.69. The molecule has 0 radical (unpaired) electrons. The number of fused-ring (bicyclic) bond motifs is 1. The van der Waals surface area contributed by atoms with E-state index in [1.807, 2.05) is 49.5 Å². The first-order valence-electron chi connectivity index (χ1n) is 10.7. The van der Waals surface area contributed by atoms with Gasteiger partial charge in [0.1, 0.15) is 5.57 Å². The Balaban J connectivity index is 1.56. The summed E-state index contributed by atoms with van der Waals surface area (Å²) in [6, 6.07) is 21.5. The molecule has 1 aliphatic heterocycles. The van der Waals surface area contributed by atoms with Gasteiger partial charge in [-0.25, -0.2) is 9.69 Å². The van der Waals surface area contributed by atoms with E-state index in [2.05, 4.69) is 22.0 Å². The van der Waals surface area contributed by atoms with Crippen LogP contribution in [-0.2, 0) is 16.1 Å². The van der Waals surface area contributed by atoms with Gasteiger partial charge in [-0.15, -0.1) is 0 Å². The minimum absolute atomic E-state index is 0.118. The van der Waals surface area contributed by atoms with Crippen molar-refractivity contribution < 1.29 is 14.4 Å². The second-order valence-electron chi connectivity index (χ2n) is 8.15. The van der Waals surface area contributed by atoms with Gasteiger partial charge in [-0.05, 0) is 48.9 Å². The van der Waals surface area contributed by atoms with E-state index in [0.717, 1.165) is 21.4 Å². The molecule has 0 spiro atoms. The number of aromatic nitrogens is 1. The van der Waals surface area contributed by atoms with Gasteiger partial charge < -0.3 is 4.57 Å². The molecule has 0 unspecified atom stereocenters. The average Bonchev–Trinajstić information content (AvgIpc) is 3.15. The summed E-state index contributed by atoms with van der Waals surface area (Å²) < 4.78 is 2.09. The molecule has 1 N–H and O–H groups in total. The number of hydrogen-bond acceptors (Lipinski definition) is 3. The van der Waals surface area contributed by atoms with Gasteiger partial charge in [0.25, 0.3) is 11.8 Å². The van der Waals surface area contributed by atoms with E-state index < -0.39 is 17.8 Å². The standard InChI is InChI=1S/C27H20ClN3O3/c1-17-5-4-6-18(13-17)15-30-16-19(22-7-2-3-8-24(22)30)14-23-25(32)29-27(34)31(26(23)33)21-11-9-20(28)10-12-21/h2-14,16H,15H2,1H3,(H,29,32,34). The number of carbonyl (C=O) groups is 3. The Hall–Kier alpha value is -4.16. The molecule has 34 heavy (non-hydrogen) atoms. The first-order valence-corrected chi connectivity index (χ1v) is 11.1. The van der Waals surface area contributed by atoms with Crippen LogP contribution in [0, 0.1) is 6.92 Å². The van der Waals surface area contributed by atoms with Crippen LogP contribution in [-0.4, -0.2) is 22.4 Å². The molecule has 168 valence electrons. The van der Waals surface area contributed by atoms with Crippen molar-refractivity contribution in [2.75, 3.05) is 4.90 Å². The normalized spacial score (nSPS) is 15.3. The van der Waals surface area contributed by atoms with E-state index in [1.54, 1.807) is 30.3 Å². The van der Waals surface area contributed by atoms with Gasteiger partial charge in [-0.2, -0.15) is 0 Å². The maximum Gasteiger partial charge on any atom is 0.335 e. The lowest BCUT2D eigenvalue weighted by Gasteiger charge is -2.26. The van der Waals surface area contributed by atoms with Crippen molar-refractivity contribution in [2.45, 2.75) is 13.5 Å². The molecular formula is C27H20ClN3O3. The van der Waals surface area contributed by atoms with E-state index in [1.165, 1.54) is 5.56 Å². The Labute approximate surface area is 201 Å². The molecule has 6 nitrogen and oxygen atoms in total. The number of benzene rings is 3.